The Kier molecular flexibility index (Phi) is 6.30. The van der Waals surface area contributed by atoms with Gasteiger partial charge in [-0.1, -0.05) is 51.8 Å². The quantitative estimate of drug-likeness (QED) is 0.294. The predicted octanol–water partition coefficient (Wildman–Crippen LogP) is 6.30. The number of carbonyl (C=O) groups is 1. The molecule has 6 nitrogen and oxygen atoms in total. The van der Waals surface area contributed by atoms with Gasteiger partial charge in [-0.2, -0.15) is 5.10 Å². The topological polar surface area (TPSA) is 78.5 Å². The Bertz CT molecular complexity index is 1400. The maximum absolute atomic E-state index is 13.6. The molecular formula is C27H23BrClN3O3. The van der Waals surface area contributed by atoms with Crippen molar-refractivity contribution in [2.45, 2.75) is 19.4 Å². The Labute approximate surface area is 216 Å². The molecule has 178 valence electrons. The summed E-state index contributed by atoms with van der Waals surface area (Å²) in [6.07, 6.45) is 0.678. The number of aromatic amines is 1. The van der Waals surface area contributed by atoms with Crippen molar-refractivity contribution in [3.05, 3.63) is 98.1 Å². The molecule has 0 radical (unpaired) electrons. The maximum atomic E-state index is 13.6. The minimum absolute atomic E-state index is 0.0693. The van der Waals surface area contributed by atoms with E-state index in [0.717, 1.165) is 32.5 Å². The second-order valence-corrected chi connectivity index (χ2v) is 9.85. The Morgan fingerprint density at radius 1 is 1.14 bits per heavy atom. The van der Waals surface area contributed by atoms with Gasteiger partial charge in [-0.25, -0.2) is 0 Å². The van der Waals surface area contributed by atoms with E-state index in [2.05, 4.69) is 26.1 Å². The summed E-state index contributed by atoms with van der Waals surface area (Å²) < 4.78 is 6.20. The number of carbonyl (C=O) groups excluding carboxylic acids is 1. The van der Waals surface area contributed by atoms with Gasteiger partial charge >= 0.3 is 0 Å². The Hall–Kier alpha value is -3.29. The van der Waals surface area contributed by atoms with E-state index < -0.39 is 0 Å². The summed E-state index contributed by atoms with van der Waals surface area (Å²) in [7, 11) is 1.64. The summed E-state index contributed by atoms with van der Waals surface area (Å²) in [5, 5.41) is 18.6. The van der Waals surface area contributed by atoms with E-state index >= 15 is 0 Å². The average molecular weight is 553 g/mol. The van der Waals surface area contributed by atoms with Gasteiger partial charge in [0.2, 0.25) is 0 Å². The van der Waals surface area contributed by atoms with E-state index in [1.807, 2.05) is 60.4 Å². The van der Waals surface area contributed by atoms with Crippen molar-refractivity contribution >= 4 is 33.4 Å². The molecule has 0 bridgehead atoms. The van der Waals surface area contributed by atoms with Gasteiger partial charge in [0.1, 0.15) is 22.9 Å². The Balaban J connectivity index is 1.57. The van der Waals surface area contributed by atoms with Gasteiger partial charge in [-0.3, -0.25) is 9.89 Å². The van der Waals surface area contributed by atoms with E-state index in [0.29, 0.717) is 34.9 Å². The highest BCUT2D eigenvalue weighted by Gasteiger charge is 2.42. The van der Waals surface area contributed by atoms with Crippen molar-refractivity contribution < 1.29 is 14.6 Å². The van der Waals surface area contributed by atoms with Crippen molar-refractivity contribution in [2.75, 3.05) is 13.7 Å². The summed E-state index contributed by atoms with van der Waals surface area (Å²) in [5.74, 6) is 0.735. The third kappa shape index (κ3) is 4.30. The van der Waals surface area contributed by atoms with Gasteiger partial charge in [0.05, 0.1) is 13.2 Å². The van der Waals surface area contributed by atoms with Crippen molar-refractivity contribution in [1.82, 2.24) is 15.1 Å². The number of phenolic OH excluding ortho intramolecular Hbond substituents is 1. The lowest BCUT2D eigenvalue weighted by Crippen LogP contribution is -2.31. The predicted molar refractivity (Wildman–Crippen MR) is 139 cm³/mol. The second-order valence-electron chi connectivity index (χ2n) is 8.53. The van der Waals surface area contributed by atoms with Crippen molar-refractivity contribution in [1.29, 1.82) is 0 Å². The van der Waals surface area contributed by atoms with E-state index in [9.17, 15) is 9.90 Å². The minimum Gasteiger partial charge on any atom is -0.507 e. The molecule has 5 rings (SSSR count). The second kappa shape index (κ2) is 9.40. The van der Waals surface area contributed by atoms with Crippen LogP contribution in [0.15, 0.2) is 65.1 Å². The van der Waals surface area contributed by atoms with Crippen LogP contribution in [-0.2, 0) is 6.42 Å². The molecule has 1 aliphatic rings. The third-order valence-electron chi connectivity index (χ3n) is 6.38. The molecular weight excluding hydrogens is 530 g/mol. The van der Waals surface area contributed by atoms with Crippen LogP contribution in [0.1, 0.15) is 38.8 Å². The van der Waals surface area contributed by atoms with E-state index in [-0.39, 0.29) is 17.7 Å². The molecule has 1 unspecified atom stereocenters. The fourth-order valence-corrected chi connectivity index (χ4v) is 4.95. The molecule has 2 heterocycles. The molecule has 35 heavy (non-hydrogen) atoms. The number of amides is 1. The van der Waals surface area contributed by atoms with Crippen molar-refractivity contribution in [2.24, 2.45) is 0 Å². The normalized spacial score (nSPS) is 14.9. The van der Waals surface area contributed by atoms with Crippen LogP contribution in [0, 0.1) is 6.92 Å². The molecule has 0 spiro atoms. The number of benzene rings is 3. The van der Waals surface area contributed by atoms with Crippen LogP contribution >= 0.6 is 27.5 Å². The van der Waals surface area contributed by atoms with Gasteiger partial charge in [0.15, 0.2) is 0 Å². The van der Waals surface area contributed by atoms with Gasteiger partial charge in [0, 0.05) is 27.2 Å². The number of methoxy groups -OCH3 is 1. The minimum atomic E-state index is -0.364. The summed E-state index contributed by atoms with van der Waals surface area (Å²) in [6.45, 7) is 2.34. The van der Waals surface area contributed by atoms with Gasteiger partial charge in [-0.05, 0) is 66.4 Å². The van der Waals surface area contributed by atoms with Crippen LogP contribution in [0.2, 0.25) is 5.02 Å². The van der Waals surface area contributed by atoms with Crippen LogP contribution in [0.3, 0.4) is 0 Å². The number of aromatic nitrogens is 2. The summed E-state index contributed by atoms with van der Waals surface area (Å²) in [4.78, 5) is 15.4. The van der Waals surface area contributed by atoms with Crippen LogP contribution < -0.4 is 4.74 Å². The van der Waals surface area contributed by atoms with Gasteiger partial charge in [0.25, 0.3) is 5.91 Å². The first-order chi connectivity index (χ1) is 16.9. The number of phenols is 1. The monoisotopic (exact) mass is 551 g/mol. The molecule has 1 atom stereocenters. The first-order valence-electron chi connectivity index (χ1n) is 11.1. The average Bonchev–Trinajstić information content (AvgIpc) is 3.40. The summed E-state index contributed by atoms with van der Waals surface area (Å²) in [6, 6.07) is 18.7. The lowest BCUT2D eigenvalue weighted by Gasteiger charge is -2.26. The molecule has 0 saturated heterocycles. The number of nitrogens with zero attached hydrogens (tertiary/aromatic N) is 2. The van der Waals surface area contributed by atoms with Gasteiger partial charge < -0.3 is 14.7 Å². The van der Waals surface area contributed by atoms with Crippen LogP contribution in [0.4, 0.5) is 0 Å². The van der Waals surface area contributed by atoms with E-state index in [1.54, 1.807) is 19.2 Å². The molecule has 4 aromatic rings. The summed E-state index contributed by atoms with van der Waals surface area (Å²) >= 11 is 9.88. The molecule has 0 aliphatic carbocycles. The molecule has 3 aromatic carbocycles. The maximum Gasteiger partial charge on any atom is 0.273 e. The zero-order chi connectivity index (χ0) is 24.7. The summed E-state index contributed by atoms with van der Waals surface area (Å²) in [5.41, 5.74) is 5.00. The number of hydrogen-bond acceptors (Lipinski definition) is 4. The lowest BCUT2D eigenvalue weighted by molar-refractivity contribution is 0.0746. The van der Waals surface area contributed by atoms with Crippen molar-refractivity contribution in [3.8, 4) is 22.8 Å². The number of ether oxygens (including phenoxy) is 1. The zero-order valence-electron chi connectivity index (χ0n) is 19.2. The number of nitrogens with one attached hydrogen (secondary N) is 1. The van der Waals surface area contributed by atoms with Crippen LogP contribution in [-0.4, -0.2) is 39.8 Å². The van der Waals surface area contributed by atoms with Gasteiger partial charge in [-0.15, -0.1) is 0 Å². The highest BCUT2D eigenvalue weighted by molar-refractivity contribution is 9.10. The van der Waals surface area contributed by atoms with E-state index in [4.69, 9.17) is 16.3 Å². The fourth-order valence-electron chi connectivity index (χ4n) is 4.52. The smallest absolute Gasteiger partial charge is 0.273 e. The highest BCUT2D eigenvalue weighted by atomic mass is 79.9. The molecule has 1 aliphatic heterocycles. The first-order valence-corrected chi connectivity index (χ1v) is 12.3. The fraction of sp³-hybridized carbons (Fsp3) is 0.185. The standard InChI is InChI=1S/C27H23BrClN3O3/c1-15-13-22(33)20(14-21(15)29)24-23-25(31-30-24)27(34)32(26(23)17-5-7-18(28)8-6-17)12-11-16-3-9-19(35-2)10-4-16/h3-10,13-14,26,33H,11-12H2,1-2H3,(H,30,31). The number of rotatable bonds is 6. The SMILES string of the molecule is COc1ccc(CCN2C(=O)c3[nH]nc(-c4cc(Cl)c(C)cc4O)c3C2c2ccc(Br)cc2)cc1. The zero-order valence-corrected chi connectivity index (χ0v) is 21.5. The molecule has 1 aromatic heterocycles. The number of aromatic hydroxyl groups is 1. The molecule has 2 N–H and O–H groups in total. The Morgan fingerprint density at radius 2 is 1.86 bits per heavy atom. The van der Waals surface area contributed by atoms with Crippen molar-refractivity contribution in [3.63, 3.8) is 0 Å². The third-order valence-corrected chi connectivity index (χ3v) is 7.32. The van der Waals surface area contributed by atoms with E-state index in [1.165, 1.54) is 0 Å². The number of H-pyrrole nitrogens is 1. The molecule has 0 saturated carbocycles. The first kappa shape index (κ1) is 23.5. The lowest BCUT2D eigenvalue weighted by atomic mass is 9.95. The number of hydrogen-bond donors (Lipinski definition) is 2. The molecule has 0 fully saturated rings. The highest BCUT2D eigenvalue weighted by Crippen LogP contribution is 2.45. The number of fused-ring (bicyclic) bond motifs is 1. The van der Waals surface area contributed by atoms with Crippen LogP contribution in [0.5, 0.6) is 11.5 Å². The number of halogens is 2. The molecule has 1 amide bonds. The largest absolute Gasteiger partial charge is 0.507 e. The van der Waals surface area contributed by atoms with Crippen LogP contribution in [0.25, 0.3) is 11.3 Å². The molecule has 8 heteroatoms. The number of aryl methyl sites for hydroxylation is 1. The Morgan fingerprint density at radius 3 is 2.54 bits per heavy atom.